The summed E-state index contributed by atoms with van der Waals surface area (Å²) < 4.78 is 27.3. The summed E-state index contributed by atoms with van der Waals surface area (Å²) in [7, 11) is -3.87. The molecule has 2 rings (SSSR count). The summed E-state index contributed by atoms with van der Waals surface area (Å²) in [6, 6.07) is 3.42. The Morgan fingerprint density at radius 2 is 2.00 bits per heavy atom. The number of benzene rings is 1. The van der Waals surface area contributed by atoms with Crippen LogP contribution < -0.4 is 4.72 Å². The minimum absolute atomic E-state index is 0.0391. The van der Waals surface area contributed by atoms with E-state index in [9.17, 15) is 13.2 Å². The zero-order valence-electron chi connectivity index (χ0n) is 12.7. The number of fused-ring (bicyclic) bond motifs is 1. The molecule has 0 saturated carbocycles. The number of nitrogens with one attached hydrogen (secondary N) is 1. The Labute approximate surface area is 133 Å². The third-order valence-electron chi connectivity index (χ3n) is 3.01. The third kappa shape index (κ3) is 3.45. The number of sulfonamides is 1. The van der Waals surface area contributed by atoms with Gasteiger partial charge in [-0.25, -0.2) is 13.4 Å². The van der Waals surface area contributed by atoms with E-state index in [1.807, 2.05) is 20.8 Å². The Bertz CT molecular complexity index is 819. The molecule has 8 heteroatoms. The predicted molar refractivity (Wildman–Crippen MR) is 85.7 cm³/mol. The topological polar surface area (TPSA) is 96.4 Å². The molecule has 120 valence electrons. The molecule has 2 aromatic rings. The fourth-order valence-electron chi connectivity index (χ4n) is 1.74. The average molecular weight is 342 g/mol. The zero-order valence-corrected chi connectivity index (χ0v) is 14.4. The smallest absolute Gasteiger partial charge is 0.321 e. The standard InChI is InChI=1S/C14H18N2O4S2/c1-8(12(17)18)16-22(19,20)9-5-6-10-11(7-9)21-13(15-10)14(2,3)4/h5-8,16H,1-4H3,(H,17,18)/t8-/m0/s1. The summed E-state index contributed by atoms with van der Waals surface area (Å²) in [5, 5.41) is 9.74. The summed E-state index contributed by atoms with van der Waals surface area (Å²) in [5.74, 6) is -1.22. The zero-order chi connectivity index (χ0) is 16.7. The van der Waals surface area contributed by atoms with Gasteiger partial charge < -0.3 is 5.11 Å². The van der Waals surface area contributed by atoms with Crippen molar-refractivity contribution in [3.63, 3.8) is 0 Å². The molecule has 2 N–H and O–H groups in total. The number of nitrogens with zero attached hydrogens (tertiary/aromatic N) is 1. The minimum Gasteiger partial charge on any atom is -0.480 e. The van der Waals surface area contributed by atoms with Crippen LogP contribution in [0.3, 0.4) is 0 Å². The summed E-state index contributed by atoms with van der Waals surface area (Å²) in [6.07, 6.45) is 0. The van der Waals surface area contributed by atoms with E-state index in [4.69, 9.17) is 5.11 Å². The van der Waals surface area contributed by atoms with Gasteiger partial charge in [0.1, 0.15) is 6.04 Å². The molecule has 0 aliphatic carbocycles. The molecule has 0 unspecified atom stereocenters. The van der Waals surface area contributed by atoms with Gasteiger partial charge in [-0.05, 0) is 25.1 Å². The van der Waals surface area contributed by atoms with Crippen molar-refractivity contribution in [2.45, 2.75) is 44.0 Å². The van der Waals surface area contributed by atoms with Crippen molar-refractivity contribution >= 4 is 37.5 Å². The molecule has 0 bridgehead atoms. The molecule has 1 aromatic carbocycles. The molecular formula is C14H18N2O4S2. The second kappa shape index (κ2) is 5.60. The Morgan fingerprint density at radius 3 is 2.55 bits per heavy atom. The van der Waals surface area contributed by atoms with E-state index in [1.165, 1.54) is 30.4 Å². The maximum absolute atomic E-state index is 12.2. The molecule has 1 heterocycles. The second-order valence-electron chi connectivity index (χ2n) is 6.08. The highest BCUT2D eigenvalue weighted by Crippen LogP contribution is 2.32. The lowest BCUT2D eigenvalue weighted by molar-refractivity contribution is -0.138. The molecule has 0 amide bonds. The van der Waals surface area contributed by atoms with E-state index in [0.29, 0.717) is 0 Å². The molecule has 0 saturated heterocycles. The van der Waals surface area contributed by atoms with Crippen molar-refractivity contribution in [3.05, 3.63) is 23.2 Å². The molecule has 6 nitrogen and oxygen atoms in total. The van der Waals surface area contributed by atoms with Gasteiger partial charge in [0.05, 0.1) is 20.1 Å². The van der Waals surface area contributed by atoms with Crippen LogP contribution in [0, 0.1) is 0 Å². The van der Waals surface area contributed by atoms with E-state index in [2.05, 4.69) is 9.71 Å². The maximum Gasteiger partial charge on any atom is 0.321 e. The highest BCUT2D eigenvalue weighted by molar-refractivity contribution is 7.89. The van der Waals surface area contributed by atoms with Crippen LogP contribution >= 0.6 is 11.3 Å². The van der Waals surface area contributed by atoms with E-state index >= 15 is 0 Å². The summed E-state index contributed by atoms with van der Waals surface area (Å²) in [4.78, 5) is 15.3. The molecule has 0 radical (unpaired) electrons. The average Bonchev–Trinajstić information content (AvgIpc) is 2.80. The van der Waals surface area contributed by atoms with Crippen molar-refractivity contribution in [1.29, 1.82) is 0 Å². The van der Waals surface area contributed by atoms with Crippen LogP contribution in [0.15, 0.2) is 23.1 Å². The molecule has 0 aliphatic rings. The molecule has 1 atom stereocenters. The van der Waals surface area contributed by atoms with E-state index in [0.717, 1.165) is 15.2 Å². The lowest BCUT2D eigenvalue weighted by Crippen LogP contribution is -2.38. The SMILES string of the molecule is C[C@H](NS(=O)(=O)c1ccc2nc(C(C)(C)C)sc2c1)C(=O)O. The number of thiazole rings is 1. The number of rotatable bonds is 4. The van der Waals surface area contributed by atoms with E-state index < -0.39 is 22.0 Å². The van der Waals surface area contributed by atoms with Crippen molar-refractivity contribution in [2.24, 2.45) is 0 Å². The number of carboxylic acid groups (broad SMARTS) is 1. The van der Waals surface area contributed by atoms with E-state index in [-0.39, 0.29) is 10.3 Å². The third-order valence-corrected chi connectivity index (χ3v) is 6.00. The van der Waals surface area contributed by atoms with Crippen LogP contribution in [0.1, 0.15) is 32.7 Å². The van der Waals surface area contributed by atoms with Gasteiger partial charge in [0, 0.05) is 5.41 Å². The Morgan fingerprint density at radius 1 is 1.36 bits per heavy atom. The van der Waals surface area contributed by atoms with Gasteiger partial charge >= 0.3 is 5.97 Å². The van der Waals surface area contributed by atoms with Gasteiger partial charge in [-0.3, -0.25) is 4.79 Å². The first-order valence-electron chi connectivity index (χ1n) is 6.67. The number of carboxylic acids is 1. The van der Waals surface area contributed by atoms with Gasteiger partial charge in [0.15, 0.2) is 0 Å². The monoisotopic (exact) mass is 342 g/mol. The first kappa shape index (κ1) is 16.9. The predicted octanol–water partition coefficient (Wildman–Crippen LogP) is 2.35. The lowest BCUT2D eigenvalue weighted by Gasteiger charge is -2.13. The molecule has 1 aromatic heterocycles. The van der Waals surface area contributed by atoms with Crippen LogP contribution in [0.5, 0.6) is 0 Å². The molecular weight excluding hydrogens is 324 g/mol. The molecule has 0 aliphatic heterocycles. The summed E-state index contributed by atoms with van der Waals surface area (Å²) >= 11 is 1.44. The van der Waals surface area contributed by atoms with Crippen LogP contribution in [0.4, 0.5) is 0 Å². The maximum atomic E-state index is 12.2. The fraction of sp³-hybridized carbons (Fsp3) is 0.429. The van der Waals surface area contributed by atoms with Crippen molar-refractivity contribution in [2.75, 3.05) is 0 Å². The summed E-state index contributed by atoms with van der Waals surface area (Å²) in [6.45, 7) is 7.40. The molecule has 22 heavy (non-hydrogen) atoms. The minimum atomic E-state index is -3.87. The van der Waals surface area contributed by atoms with E-state index in [1.54, 1.807) is 6.07 Å². The fourth-order valence-corrected chi connectivity index (χ4v) is 4.10. The number of hydrogen-bond acceptors (Lipinski definition) is 5. The van der Waals surface area contributed by atoms with Crippen LogP contribution in [0.2, 0.25) is 0 Å². The second-order valence-corrected chi connectivity index (χ2v) is 8.82. The number of carbonyl (C=O) groups is 1. The van der Waals surface area contributed by atoms with Gasteiger partial charge in [-0.1, -0.05) is 20.8 Å². The first-order valence-corrected chi connectivity index (χ1v) is 8.97. The van der Waals surface area contributed by atoms with Gasteiger partial charge in [0.2, 0.25) is 10.0 Å². The van der Waals surface area contributed by atoms with Crippen LogP contribution in [0.25, 0.3) is 10.2 Å². The lowest BCUT2D eigenvalue weighted by atomic mass is 9.98. The Balaban J connectivity index is 2.43. The van der Waals surface area contributed by atoms with Crippen LogP contribution in [-0.2, 0) is 20.2 Å². The Kier molecular flexibility index (Phi) is 4.29. The largest absolute Gasteiger partial charge is 0.480 e. The van der Waals surface area contributed by atoms with Crippen molar-refractivity contribution < 1.29 is 18.3 Å². The number of aliphatic carboxylic acids is 1. The van der Waals surface area contributed by atoms with Gasteiger partial charge in [-0.15, -0.1) is 11.3 Å². The van der Waals surface area contributed by atoms with Gasteiger partial charge in [-0.2, -0.15) is 4.72 Å². The quantitative estimate of drug-likeness (QED) is 0.889. The number of hydrogen-bond donors (Lipinski definition) is 2. The normalized spacial score (nSPS) is 14.2. The van der Waals surface area contributed by atoms with Gasteiger partial charge in [0.25, 0.3) is 0 Å². The first-order chi connectivity index (χ1) is 10.0. The number of aromatic nitrogens is 1. The van der Waals surface area contributed by atoms with Crippen molar-refractivity contribution in [3.8, 4) is 0 Å². The molecule has 0 fully saturated rings. The van der Waals surface area contributed by atoms with Crippen LogP contribution in [-0.4, -0.2) is 30.5 Å². The van der Waals surface area contributed by atoms with Crippen molar-refractivity contribution in [1.82, 2.24) is 9.71 Å². The summed E-state index contributed by atoms with van der Waals surface area (Å²) in [5.41, 5.74) is 0.624. The highest BCUT2D eigenvalue weighted by Gasteiger charge is 2.23. The molecule has 0 spiro atoms. The Hall–Kier alpha value is -1.51. The highest BCUT2D eigenvalue weighted by atomic mass is 32.2.